The molecule has 21 heavy (non-hydrogen) atoms. The van der Waals surface area contributed by atoms with E-state index < -0.39 is 10.2 Å². The fourth-order valence-corrected chi connectivity index (χ4v) is 5.17. The van der Waals surface area contributed by atoms with Crippen molar-refractivity contribution in [2.24, 2.45) is 0 Å². The maximum atomic E-state index is 12.8. The van der Waals surface area contributed by atoms with Crippen molar-refractivity contribution >= 4 is 10.2 Å². The second-order valence-corrected chi connectivity index (χ2v) is 8.08. The van der Waals surface area contributed by atoms with Crippen molar-refractivity contribution in [3.8, 4) is 0 Å². The molecule has 0 aromatic heterocycles. The van der Waals surface area contributed by atoms with Crippen molar-refractivity contribution in [2.45, 2.75) is 44.6 Å². The van der Waals surface area contributed by atoms with E-state index in [-0.39, 0.29) is 6.04 Å². The predicted molar refractivity (Wildman–Crippen MR) is 84.2 cm³/mol. The molecular weight excluding hydrogens is 284 g/mol. The highest BCUT2D eigenvalue weighted by Gasteiger charge is 2.35. The van der Waals surface area contributed by atoms with Gasteiger partial charge in [0.05, 0.1) is 6.04 Å². The molecule has 3 rings (SSSR count). The van der Waals surface area contributed by atoms with Gasteiger partial charge < -0.3 is 0 Å². The Morgan fingerprint density at radius 3 is 2.57 bits per heavy atom. The summed E-state index contributed by atoms with van der Waals surface area (Å²) in [5.41, 5.74) is 2.49. The summed E-state index contributed by atoms with van der Waals surface area (Å²) < 4.78 is 29.0. The third-order valence-electron chi connectivity index (χ3n) is 4.78. The van der Waals surface area contributed by atoms with Gasteiger partial charge in [0, 0.05) is 20.1 Å². The zero-order chi connectivity index (χ0) is 14.9. The first kappa shape index (κ1) is 15.0. The van der Waals surface area contributed by atoms with E-state index >= 15 is 0 Å². The Balaban J connectivity index is 1.87. The van der Waals surface area contributed by atoms with Gasteiger partial charge in [0.2, 0.25) is 0 Å². The minimum atomic E-state index is -3.34. The SMILES string of the molecule is CN([C@H]1CCCc2ccccc21)S(=O)(=O)N1CCCCC1. The van der Waals surface area contributed by atoms with E-state index in [0.717, 1.165) is 38.5 Å². The van der Waals surface area contributed by atoms with Crippen LogP contribution in [-0.4, -0.2) is 37.2 Å². The molecule has 1 saturated heterocycles. The standard InChI is InChI=1S/C16H24N2O2S/c1-17(21(19,20)18-12-5-2-6-13-18)16-11-7-9-14-8-3-4-10-15(14)16/h3-4,8,10,16H,2,5-7,9,11-13H2,1H3/t16-/m0/s1. The highest BCUT2D eigenvalue weighted by molar-refractivity contribution is 7.86. The van der Waals surface area contributed by atoms with Gasteiger partial charge in [0.15, 0.2) is 0 Å². The summed E-state index contributed by atoms with van der Waals surface area (Å²) in [5, 5.41) is 0. The second kappa shape index (κ2) is 6.07. The Morgan fingerprint density at radius 2 is 1.81 bits per heavy atom. The number of fused-ring (bicyclic) bond motifs is 1. The molecule has 1 aromatic rings. The van der Waals surface area contributed by atoms with Crippen LogP contribution in [0, 0.1) is 0 Å². The van der Waals surface area contributed by atoms with E-state index in [9.17, 15) is 8.42 Å². The quantitative estimate of drug-likeness (QED) is 0.861. The molecule has 0 spiro atoms. The zero-order valence-corrected chi connectivity index (χ0v) is 13.5. The van der Waals surface area contributed by atoms with E-state index in [2.05, 4.69) is 12.1 Å². The minimum absolute atomic E-state index is 0.0122. The number of aryl methyl sites for hydroxylation is 1. The van der Waals surface area contributed by atoms with Crippen LogP contribution in [0.5, 0.6) is 0 Å². The van der Waals surface area contributed by atoms with Gasteiger partial charge in [0.25, 0.3) is 10.2 Å². The van der Waals surface area contributed by atoms with Crippen molar-refractivity contribution in [3.63, 3.8) is 0 Å². The molecule has 4 nitrogen and oxygen atoms in total. The van der Waals surface area contributed by atoms with Crippen LogP contribution in [0.25, 0.3) is 0 Å². The lowest BCUT2D eigenvalue weighted by atomic mass is 9.88. The summed E-state index contributed by atoms with van der Waals surface area (Å²) in [4.78, 5) is 0. The van der Waals surface area contributed by atoms with E-state index in [1.807, 2.05) is 12.1 Å². The van der Waals surface area contributed by atoms with E-state index in [1.54, 1.807) is 15.7 Å². The van der Waals surface area contributed by atoms with Gasteiger partial charge in [-0.3, -0.25) is 0 Å². The van der Waals surface area contributed by atoms with Gasteiger partial charge in [-0.1, -0.05) is 30.7 Å². The summed E-state index contributed by atoms with van der Waals surface area (Å²) in [6, 6.07) is 8.25. The molecule has 0 radical (unpaired) electrons. The fourth-order valence-electron chi connectivity index (χ4n) is 3.54. The molecule has 0 N–H and O–H groups in total. The number of benzene rings is 1. The average Bonchev–Trinajstić information content (AvgIpc) is 2.54. The second-order valence-electron chi connectivity index (χ2n) is 6.09. The average molecular weight is 308 g/mol. The van der Waals surface area contributed by atoms with Gasteiger partial charge in [-0.15, -0.1) is 0 Å². The largest absolute Gasteiger partial charge is 0.282 e. The summed E-state index contributed by atoms with van der Waals surface area (Å²) in [6.07, 6.45) is 6.14. The summed E-state index contributed by atoms with van der Waals surface area (Å²) in [6.45, 7) is 1.34. The molecule has 2 aliphatic rings. The Labute approximate surface area is 127 Å². The van der Waals surface area contributed by atoms with Crippen LogP contribution in [0.2, 0.25) is 0 Å². The minimum Gasteiger partial charge on any atom is -0.195 e. The maximum absolute atomic E-state index is 12.8. The van der Waals surface area contributed by atoms with Gasteiger partial charge in [-0.25, -0.2) is 0 Å². The molecule has 1 aliphatic carbocycles. The molecule has 0 unspecified atom stereocenters. The Bertz CT molecular complexity index is 594. The Kier molecular flexibility index (Phi) is 4.33. The molecular formula is C16H24N2O2S. The van der Waals surface area contributed by atoms with Crippen molar-refractivity contribution in [1.29, 1.82) is 0 Å². The number of hydrogen-bond acceptors (Lipinski definition) is 2. The molecule has 1 atom stereocenters. The highest BCUT2D eigenvalue weighted by atomic mass is 32.2. The lowest BCUT2D eigenvalue weighted by molar-refractivity contribution is 0.277. The fraction of sp³-hybridized carbons (Fsp3) is 0.625. The lowest BCUT2D eigenvalue weighted by Crippen LogP contribution is -2.46. The topological polar surface area (TPSA) is 40.6 Å². The number of nitrogens with zero attached hydrogens (tertiary/aromatic N) is 2. The third-order valence-corrected chi connectivity index (χ3v) is 6.78. The van der Waals surface area contributed by atoms with Crippen LogP contribution in [-0.2, 0) is 16.6 Å². The molecule has 1 heterocycles. The van der Waals surface area contributed by atoms with Gasteiger partial charge in [-0.2, -0.15) is 17.0 Å². The highest BCUT2D eigenvalue weighted by Crippen LogP contribution is 2.35. The van der Waals surface area contributed by atoms with Crippen molar-refractivity contribution in [1.82, 2.24) is 8.61 Å². The molecule has 116 valence electrons. The number of piperidine rings is 1. The van der Waals surface area contributed by atoms with E-state index in [0.29, 0.717) is 13.1 Å². The Morgan fingerprint density at radius 1 is 1.10 bits per heavy atom. The zero-order valence-electron chi connectivity index (χ0n) is 12.7. The predicted octanol–water partition coefficient (Wildman–Crippen LogP) is 2.73. The van der Waals surface area contributed by atoms with Crippen LogP contribution in [0.4, 0.5) is 0 Å². The molecule has 0 bridgehead atoms. The Hall–Kier alpha value is -0.910. The van der Waals surface area contributed by atoms with Crippen LogP contribution in [0.1, 0.15) is 49.3 Å². The van der Waals surface area contributed by atoms with E-state index in [4.69, 9.17) is 0 Å². The monoisotopic (exact) mass is 308 g/mol. The molecule has 1 aromatic carbocycles. The molecule has 0 amide bonds. The smallest absolute Gasteiger partial charge is 0.195 e. The van der Waals surface area contributed by atoms with Crippen LogP contribution >= 0.6 is 0 Å². The first-order valence-electron chi connectivity index (χ1n) is 7.91. The first-order chi connectivity index (χ1) is 10.1. The summed E-state index contributed by atoms with van der Waals surface area (Å²) in [5.74, 6) is 0. The summed E-state index contributed by atoms with van der Waals surface area (Å²) in [7, 11) is -1.59. The van der Waals surface area contributed by atoms with E-state index in [1.165, 1.54) is 11.1 Å². The molecule has 1 fully saturated rings. The van der Waals surface area contributed by atoms with Crippen LogP contribution in [0.3, 0.4) is 0 Å². The van der Waals surface area contributed by atoms with Crippen LogP contribution in [0.15, 0.2) is 24.3 Å². The van der Waals surface area contributed by atoms with Gasteiger partial charge in [0.1, 0.15) is 0 Å². The molecule has 0 saturated carbocycles. The molecule has 5 heteroatoms. The van der Waals surface area contributed by atoms with Crippen molar-refractivity contribution in [3.05, 3.63) is 35.4 Å². The first-order valence-corrected chi connectivity index (χ1v) is 9.31. The van der Waals surface area contributed by atoms with Gasteiger partial charge >= 0.3 is 0 Å². The maximum Gasteiger partial charge on any atom is 0.282 e. The molecule has 1 aliphatic heterocycles. The summed E-state index contributed by atoms with van der Waals surface area (Å²) >= 11 is 0. The normalized spacial score (nSPS) is 24.0. The van der Waals surface area contributed by atoms with Crippen LogP contribution < -0.4 is 0 Å². The third kappa shape index (κ3) is 2.87. The van der Waals surface area contributed by atoms with Gasteiger partial charge in [-0.05, 0) is 43.2 Å². The lowest BCUT2D eigenvalue weighted by Gasteiger charge is -2.36. The number of hydrogen-bond donors (Lipinski definition) is 0. The van der Waals surface area contributed by atoms with Crippen molar-refractivity contribution in [2.75, 3.05) is 20.1 Å². The van der Waals surface area contributed by atoms with Crippen molar-refractivity contribution < 1.29 is 8.42 Å². The number of rotatable bonds is 3.